The second-order valence-electron chi connectivity index (χ2n) is 7.32. The SMILES string of the molecule is C[C@@H]1Cc2ccccc2N1C(=O)c1ccc2c(c1)C(=O)c1ccccc1C2=O. The largest absolute Gasteiger partial charge is 0.305 e. The van der Waals surface area contributed by atoms with Crippen molar-refractivity contribution in [3.63, 3.8) is 0 Å². The molecule has 3 aromatic rings. The molecule has 4 heteroatoms. The molecule has 5 rings (SSSR count). The van der Waals surface area contributed by atoms with Crippen molar-refractivity contribution in [2.24, 2.45) is 0 Å². The van der Waals surface area contributed by atoms with E-state index >= 15 is 0 Å². The fourth-order valence-corrected chi connectivity index (χ4v) is 4.25. The van der Waals surface area contributed by atoms with Gasteiger partial charge in [-0.25, -0.2) is 0 Å². The highest BCUT2D eigenvalue weighted by Gasteiger charge is 2.34. The Kier molecular flexibility index (Phi) is 3.56. The molecule has 1 heterocycles. The number of anilines is 1. The Morgan fingerprint density at radius 3 is 2.18 bits per heavy atom. The minimum absolute atomic E-state index is 0.0407. The smallest absolute Gasteiger partial charge is 0.258 e. The Morgan fingerprint density at radius 2 is 1.43 bits per heavy atom. The van der Waals surface area contributed by atoms with Crippen LogP contribution in [0.15, 0.2) is 66.7 Å². The highest BCUT2D eigenvalue weighted by molar-refractivity contribution is 6.29. The van der Waals surface area contributed by atoms with Crippen LogP contribution in [0.2, 0.25) is 0 Å². The third-order valence-corrected chi connectivity index (χ3v) is 5.60. The molecule has 2 aliphatic rings. The molecule has 0 saturated carbocycles. The molecule has 0 unspecified atom stereocenters. The number of nitrogens with zero attached hydrogens (tertiary/aromatic N) is 1. The normalized spacial score (nSPS) is 17.2. The van der Waals surface area contributed by atoms with Crippen LogP contribution in [0.25, 0.3) is 0 Å². The lowest BCUT2D eigenvalue weighted by Gasteiger charge is -2.24. The third-order valence-electron chi connectivity index (χ3n) is 5.60. The summed E-state index contributed by atoms with van der Waals surface area (Å²) in [7, 11) is 0. The fraction of sp³-hybridized carbons (Fsp3) is 0.125. The number of carbonyl (C=O) groups excluding carboxylic acids is 3. The van der Waals surface area contributed by atoms with Crippen molar-refractivity contribution >= 4 is 23.2 Å². The van der Waals surface area contributed by atoms with Crippen molar-refractivity contribution in [1.82, 2.24) is 0 Å². The molecule has 0 bridgehead atoms. The molecule has 3 aromatic carbocycles. The average molecular weight is 367 g/mol. The van der Waals surface area contributed by atoms with Gasteiger partial charge in [0.1, 0.15) is 0 Å². The van der Waals surface area contributed by atoms with E-state index in [9.17, 15) is 14.4 Å². The zero-order valence-corrected chi connectivity index (χ0v) is 15.3. The van der Waals surface area contributed by atoms with Gasteiger partial charge >= 0.3 is 0 Å². The maximum absolute atomic E-state index is 13.3. The molecule has 1 atom stereocenters. The Balaban J connectivity index is 1.58. The zero-order chi connectivity index (χ0) is 19.4. The van der Waals surface area contributed by atoms with Crippen LogP contribution in [0.5, 0.6) is 0 Å². The lowest BCUT2D eigenvalue weighted by molar-refractivity contribution is 0.0972. The molecule has 0 radical (unpaired) electrons. The molecule has 0 N–H and O–H groups in total. The van der Waals surface area contributed by atoms with Gasteiger partial charge in [0.2, 0.25) is 0 Å². The summed E-state index contributed by atoms with van der Waals surface area (Å²) in [4.78, 5) is 40.7. The van der Waals surface area contributed by atoms with E-state index in [2.05, 4.69) is 0 Å². The van der Waals surface area contributed by atoms with Crippen LogP contribution in [-0.4, -0.2) is 23.5 Å². The molecular weight excluding hydrogens is 350 g/mol. The summed E-state index contributed by atoms with van der Waals surface area (Å²) in [5, 5.41) is 0. The summed E-state index contributed by atoms with van der Waals surface area (Å²) in [6.45, 7) is 2.02. The minimum Gasteiger partial charge on any atom is -0.305 e. The van der Waals surface area contributed by atoms with Gasteiger partial charge in [-0.3, -0.25) is 14.4 Å². The predicted octanol–water partition coefficient (Wildman–Crippen LogP) is 4.05. The molecule has 136 valence electrons. The standard InChI is InChI=1S/C24H17NO3/c1-14-12-15-6-2-5-9-21(15)25(14)24(28)16-10-11-19-20(13-16)23(27)18-8-4-3-7-17(18)22(19)26/h2-11,13-14H,12H2,1H3/t14-/m1/s1. The van der Waals surface area contributed by atoms with Crippen molar-refractivity contribution in [3.05, 3.63) is 100 Å². The first-order chi connectivity index (χ1) is 13.6. The van der Waals surface area contributed by atoms with Crippen molar-refractivity contribution in [2.45, 2.75) is 19.4 Å². The molecule has 1 amide bonds. The number of carbonyl (C=O) groups is 3. The van der Waals surface area contributed by atoms with Crippen molar-refractivity contribution in [3.8, 4) is 0 Å². The molecule has 0 spiro atoms. The highest BCUT2D eigenvalue weighted by atomic mass is 16.2. The number of hydrogen-bond acceptors (Lipinski definition) is 3. The molecule has 28 heavy (non-hydrogen) atoms. The van der Waals surface area contributed by atoms with Gasteiger partial charge in [-0.15, -0.1) is 0 Å². The molecule has 0 fully saturated rings. The van der Waals surface area contributed by atoms with Crippen LogP contribution in [0.3, 0.4) is 0 Å². The Labute approximate surface area is 162 Å². The van der Waals surface area contributed by atoms with E-state index in [0.717, 1.165) is 17.7 Å². The number of fused-ring (bicyclic) bond motifs is 3. The molecule has 0 aromatic heterocycles. The maximum Gasteiger partial charge on any atom is 0.258 e. The lowest BCUT2D eigenvalue weighted by Crippen LogP contribution is -2.36. The van der Waals surface area contributed by atoms with Crippen LogP contribution in [0, 0.1) is 0 Å². The number of amides is 1. The summed E-state index contributed by atoms with van der Waals surface area (Å²) in [6.07, 6.45) is 0.803. The number of ketones is 2. The average Bonchev–Trinajstić information content (AvgIpc) is 3.06. The quantitative estimate of drug-likeness (QED) is 0.510. The second kappa shape index (κ2) is 5.99. The second-order valence-corrected chi connectivity index (χ2v) is 7.32. The Morgan fingerprint density at radius 1 is 0.821 bits per heavy atom. The molecule has 0 saturated heterocycles. The fourth-order valence-electron chi connectivity index (χ4n) is 4.25. The van der Waals surface area contributed by atoms with Gasteiger partial charge in [0.25, 0.3) is 5.91 Å². The predicted molar refractivity (Wildman–Crippen MR) is 106 cm³/mol. The van der Waals surface area contributed by atoms with Crippen LogP contribution in [-0.2, 0) is 6.42 Å². The zero-order valence-electron chi connectivity index (χ0n) is 15.3. The summed E-state index contributed by atoms with van der Waals surface area (Å²) in [6, 6.07) is 19.5. The Hall–Kier alpha value is -3.53. The van der Waals surface area contributed by atoms with Crippen LogP contribution >= 0.6 is 0 Å². The van der Waals surface area contributed by atoms with Crippen molar-refractivity contribution in [2.75, 3.05) is 4.90 Å². The number of para-hydroxylation sites is 1. The van der Waals surface area contributed by atoms with Crippen LogP contribution in [0.4, 0.5) is 5.69 Å². The summed E-state index contributed by atoms with van der Waals surface area (Å²) in [5.74, 6) is -0.543. The summed E-state index contributed by atoms with van der Waals surface area (Å²) < 4.78 is 0. The van der Waals surface area contributed by atoms with E-state index in [1.54, 1.807) is 47.4 Å². The van der Waals surface area contributed by atoms with Crippen molar-refractivity contribution in [1.29, 1.82) is 0 Å². The van der Waals surface area contributed by atoms with Crippen molar-refractivity contribution < 1.29 is 14.4 Å². The lowest BCUT2D eigenvalue weighted by atomic mass is 9.83. The Bertz CT molecular complexity index is 1180. The van der Waals surface area contributed by atoms with Gasteiger partial charge in [-0.1, -0.05) is 42.5 Å². The first-order valence-electron chi connectivity index (χ1n) is 9.30. The van der Waals surface area contributed by atoms with Gasteiger partial charge in [0.05, 0.1) is 0 Å². The van der Waals surface area contributed by atoms with Crippen LogP contribution < -0.4 is 4.90 Å². The van der Waals surface area contributed by atoms with Crippen LogP contribution in [0.1, 0.15) is 54.7 Å². The van der Waals surface area contributed by atoms with Gasteiger partial charge in [0, 0.05) is 39.5 Å². The molecule has 4 nitrogen and oxygen atoms in total. The van der Waals surface area contributed by atoms with E-state index in [1.807, 2.05) is 31.2 Å². The molecule has 1 aliphatic heterocycles. The number of benzene rings is 3. The number of rotatable bonds is 1. The summed E-state index contributed by atoms with van der Waals surface area (Å²) >= 11 is 0. The van der Waals surface area contributed by atoms with Gasteiger partial charge < -0.3 is 4.90 Å². The summed E-state index contributed by atoms with van der Waals surface area (Å²) in [5.41, 5.74) is 3.94. The molecule has 1 aliphatic carbocycles. The third kappa shape index (κ3) is 2.28. The monoisotopic (exact) mass is 367 g/mol. The van der Waals surface area contributed by atoms with E-state index in [-0.39, 0.29) is 23.5 Å². The maximum atomic E-state index is 13.3. The van der Waals surface area contributed by atoms with E-state index < -0.39 is 0 Å². The van der Waals surface area contributed by atoms with Gasteiger partial charge in [-0.2, -0.15) is 0 Å². The molecular formula is C24H17NO3. The van der Waals surface area contributed by atoms with Gasteiger partial charge in [-0.05, 0) is 43.2 Å². The minimum atomic E-state index is -0.213. The van der Waals surface area contributed by atoms with E-state index in [4.69, 9.17) is 0 Å². The van der Waals surface area contributed by atoms with E-state index in [0.29, 0.717) is 27.8 Å². The number of hydrogen-bond donors (Lipinski definition) is 0. The highest BCUT2D eigenvalue weighted by Crippen LogP contribution is 2.34. The first-order valence-corrected chi connectivity index (χ1v) is 9.30. The topological polar surface area (TPSA) is 54.5 Å². The van der Waals surface area contributed by atoms with Gasteiger partial charge in [0.15, 0.2) is 11.6 Å². The van der Waals surface area contributed by atoms with E-state index in [1.165, 1.54) is 0 Å². The first kappa shape index (κ1) is 16.6.